The summed E-state index contributed by atoms with van der Waals surface area (Å²) in [5, 5.41) is 12.3. The molecule has 11 nitrogen and oxygen atoms in total. The van der Waals surface area contributed by atoms with Gasteiger partial charge in [-0.05, 0) is 89.2 Å². The number of nitrogens with one attached hydrogen (secondary N) is 1. The number of hydrogen-bond donors (Lipinski definition) is 1. The molecule has 0 bridgehead atoms. The van der Waals surface area contributed by atoms with Crippen molar-refractivity contribution >= 4 is 17.7 Å². The topological polar surface area (TPSA) is 123 Å². The molecule has 4 aliphatic rings. The number of aromatic nitrogens is 3. The van der Waals surface area contributed by atoms with Gasteiger partial charge >= 0.3 is 6.09 Å². The maximum atomic E-state index is 14.6. The van der Waals surface area contributed by atoms with Crippen LogP contribution >= 0.6 is 0 Å². The smallest absolute Gasteiger partial charge is 0.410 e. The Balaban J connectivity index is 1.30. The number of pyridine rings is 1. The molecule has 11 heteroatoms. The van der Waals surface area contributed by atoms with Crippen LogP contribution in [0.3, 0.4) is 0 Å². The fraction of sp³-hybridized carbons (Fsp3) is 0.727. The monoisotopic (exact) mass is 608 g/mol. The Hall–Kier alpha value is -3.21. The summed E-state index contributed by atoms with van der Waals surface area (Å²) in [6, 6.07) is 2.08. The summed E-state index contributed by atoms with van der Waals surface area (Å²) in [4.78, 5) is 36.4. The number of hydrogen-bond acceptors (Lipinski definition) is 9. The van der Waals surface area contributed by atoms with E-state index in [0.717, 1.165) is 44.2 Å². The molecule has 6 rings (SSSR count). The lowest BCUT2D eigenvalue weighted by atomic mass is 9.89. The fourth-order valence-electron chi connectivity index (χ4n) is 6.28. The predicted octanol–water partition coefficient (Wildman–Crippen LogP) is 5.70. The van der Waals surface area contributed by atoms with E-state index in [1.807, 2.05) is 31.9 Å². The van der Waals surface area contributed by atoms with Gasteiger partial charge in [0.05, 0.1) is 23.8 Å². The van der Waals surface area contributed by atoms with Gasteiger partial charge in [-0.1, -0.05) is 13.8 Å². The van der Waals surface area contributed by atoms with Crippen LogP contribution in [-0.4, -0.2) is 87.5 Å². The molecule has 1 saturated heterocycles. The zero-order chi connectivity index (χ0) is 31.2. The quantitative estimate of drug-likeness (QED) is 0.362. The highest BCUT2D eigenvalue weighted by atomic mass is 16.6. The second kappa shape index (κ2) is 12.3. The summed E-state index contributed by atoms with van der Waals surface area (Å²) in [5.74, 6) is 1.90. The highest BCUT2D eigenvalue weighted by Gasteiger charge is 2.41. The van der Waals surface area contributed by atoms with Crippen LogP contribution in [0.25, 0.3) is 0 Å². The van der Waals surface area contributed by atoms with Gasteiger partial charge in [0.25, 0.3) is 5.91 Å². The maximum Gasteiger partial charge on any atom is 0.410 e. The molecule has 3 saturated carbocycles. The Kier molecular flexibility index (Phi) is 8.60. The highest BCUT2D eigenvalue weighted by molar-refractivity contribution is 5.98. The van der Waals surface area contributed by atoms with E-state index in [0.29, 0.717) is 55.4 Å². The molecule has 3 aliphatic carbocycles. The normalized spacial score (nSPS) is 25.5. The third-order valence-corrected chi connectivity index (χ3v) is 9.02. The van der Waals surface area contributed by atoms with E-state index in [2.05, 4.69) is 35.4 Å². The second-order valence-electron chi connectivity index (χ2n) is 14.7. The van der Waals surface area contributed by atoms with Crippen molar-refractivity contribution < 1.29 is 23.5 Å². The van der Waals surface area contributed by atoms with Crippen LogP contribution < -0.4 is 5.32 Å². The molecule has 0 radical (unpaired) electrons. The van der Waals surface area contributed by atoms with E-state index < -0.39 is 11.7 Å². The lowest BCUT2D eigenvalue weighted by Gasteiger charge is -2.42. The lowest BCUT2D eigenvalue weighted by Crippen LogP contribution is -2.55. The van der Waals surface area contributed by atoms with Crippen LogP contribution in [0.15, 0.2) is 16.7 Å². The molecule has 4 fully saturated rings. The summed E-state index contributed by atoms with van der Waals surface area (Å²) in [5.41, 5.74) is 1.75. The summed E-state index contributed by atoms with van der Waals surface area (Å²) in [6.07, 6.45) is 8.55. The van der Waals surface area contributed by atoms with E-state index in [1.165, 1.54) is 5.56 Å². The van der Waals surface area contributed by atoms with Crippen molar-refractivity contribution in [3.05, 3.63) is 35.3 Å². The van der Waals surface area contributed by atoms with Crippen LogP contribution in [0.4, 0.5) is 10.5 Å². The minimum atomic E-state index is -0.645. The number of ether oxygens (including phenoxy) is 2. The minimum Gasteiger partial charge on any atom is -0.444 e. The zero-order valence-corrected chi connectivity index (χ0v) is 27.0. The Morgan fingerprint density at radius 1 is 1.05 bits per heavy atom. The van der Waals surface area contributed by atoms with Crippen molar-refractivity contribution in [1.29, 1.82) is 0 Å². The predicted molar refractivity (Wildman–Crippen MR) is 165 cm³/mol. The first-order valence-electron chi connectivity index (χ1n) is 16.4. The Labute approximate surface area is 260 Å². The second-order valence-corrected chi connectivity index (χ2v) is 14.7. The molecular weight excluding hydrogens is 560 g/mol. The Morgan fingerprint density at radius 2 is 1.73 bits per heavy atom. The number of carbonyl (C=O) groups excluding carboxylic acids is 2. The molecule has 0 spiro atoms. The molecule has 1 aliphatic heterocycles. The summed E-state index contributed by atoms with van der Waals surface area (Å²) >= 11 is 0. The summed E-state index contributed by atoms with van der Waals surface area (Å²) in [7, 11) is 1.74. The first-order chi connectivity index (χ1) is 21.0. The minimum absolute atomic E-state index is 0.134. The SMILES string of the molecule is COC1CC(Nc2cc(C3CC3)cnc2C(=O)N(CC(C)C)C2C[C@@H](c3nnc(C4CC4)o3)CN(C(=O)OC(C)(C)C)C2)C1. The van der Waals surface area contributed by atoms with Crippen molar-refractivity contribution in [3.8, 4) is 0 Å². The zero-order valence-electron chi connectivity index (χ0n) is 27.0. The number of nitrogens with zero attached hydrogens (tertiary/aromatic N) is 5. The molecule has 0 aromatic carbocycles. The Morgan fingerprint density at radius 3 is 2.34 bits per heavy atom. The largest absolute Gasteiger partial charge is 0.444 e. The average molecular weight is 609 g/mol. The van der Waals surface area contributed by atoms with Gasteiger partial charge in [-0.15, -0.1) is 10.2 Å². The van der Waals surface area contributed by atoms with Crippen molar-refractivity contribution in [2.45, 2.75) is 121 Å². The van der Waals surface area contributed by atoms with Crippen LogP contribution in [-0.2, 0) is 9.47 Å². The highest BCUT2D eigenvalue weighted by Crippen LogP contribution is 2.42. The van der Waals surface area contributed by atoms with Crippen LogP contribution in [0.5, 0.6) is 0 Å². The summed E-state index contributed by atoms with van der Waals surface area (Å²) in [6.45, 7) is 11.1. The molecule has 2 aromatic heterocycles. The third kappa shape index (κ3) is 7.19. The van der Waals surface area contributed by atoms with Gasteiger partial charge < -0.3 is 29.0 Å². The molecule has 1 N–H and O–H groups in total. The van der Waals surface area contributed by atoms with Gasteiger partial charge in [0.1, 0.15) is 5.60 Å². The van der Waals surface area contributed by atoms with Crippen molar-refractivity contribution in [2.75, 3.05) is 32.1 Å². The van der Waals surface area contributed by atoms with Gasteiger partial charge in [-0.25, -0.2) is 9.78 Å². The molecule has 2 aromatic rings. The number of carbonyl (C=O) groups is 2. The molecule has 44 heavy (non-hydrogen) atoms. The van der Waals surface area contributed by atoms with Crippen LogP contribution in [0.2, 0.25) is 0 Å². The van der Waals surface area contributed by atoms with Crippen molar-refractivity contribution in [2.24, 2.45) is 5.92 Å². The fourth-order valence-corrected chi connectivity index (χ4v) is 6.28. The van der Waals surface area contributed by atoms with Gasteiger partial charge in [0.2, 0.25) is 11.8 Å². The Bertz CT molecular complexity index is 1340. The van der Waals surface area contributed by atoms with Crippen LogP contribution in [0, 0.1) is 5.92 Å². The first-order valence-corrected chi connectivity index (χ1v) is 16.4. The number of likely N-dealkylation sites (tertiary alicyclic amines) is 1. The maximum absolute atomic E-state index is 14.6. The number of methoxy groups -OCH3 is 1. The molecule has 2 amide bonds. The van der Waals surface area contributed by atoms with Crippen molar-refractivity contribution in [1.82, 2.24) is 25.0 Å². The van der Waals surface area contributed by atoms with E-state index >= 15 is 0 Å². The van der Waals surface area contributed by atoms with E-state index in [-0.39, 0.29) is 35.9 Å². The molecule has 3 heterocycles. The van der Waals surface area contributed by atoms with Gasteiger partial charge in [-0.3, -0.25) is 4.79 Å². The molecule has 1 unspecified atom stereocenters. The van der Waals surface area contributed by atoms with Crippen molar-refractivity contribution in [3.63, 3.8) is 0 Å². The van der Waals surface area contributed by atoms with Gasteiger partial charge in [0, 0.05) is 44.9 Å². The molecule has 2 atom stereocenters. The number of piperidine rings is 1. The number of anilines is 1. The van der Waals surface area contributed by atoms with Gasteiger partial charge in [-0.2, -0.15) is 0 Å². The van der Waals surface area contributed by atoms with Crippen LogP contribution in [0.1, 0.15) is 125 Å². The average Bonchev–Trinajstić information content (AvgIpc) is 3.90. The number of amides is 2. The standard InChI is InChI=1S/C33H48N6O5/c1-19(2)16-39(31(40)28-27(35-24-13-26(14-24)42-6)12-22(15-34-28)20-7-8-20)25-11-23(30-37-36-29(43-30)21-9-10-21)17-38(18-25)32(41)44-33(3,4)5/h12,15,19-21,23-26,35H,7-11,13-14,16-18H2,1-6H3/t23-,24?,25?,26?/m1/s1. The first kappa shape index (κ1) is 30.8. The van der Waals surface area contributed by atoms with E-state index in [1.54, 1.807) is 12.0 Å². The molecular formula is C33H48N6O5. The summed E-state index contributed by atoms with van der Waals surface area (Å²) < 4.78 is 17.4. The lowest BCUT2D eigenvalue weighted by molar-refractivity contribution is 0.00502. The van der Waals surface area contributed by atoms with E-state index in [4.69, 9.17) is 18.9 Å². The number of rotatable bonds is 10. The molecule has 240 valence electrons. The third-order valence-electron chi connectivity index (χ3n) is 9.02. The van der Waals surface area contributed by atoms with Gasteiger partial charge in [0.15, 0.2) is 5.69 Å². The van der Waals surface area contributed by atoms with E-state index in [9.17, 15) is 9.59 Å².